The number of hydrogen-bond acceptors (Lipinski definition) is 5. The molecule has 1 amide bonds. The number of nitrogens with zero attached hydrogens (tertiary/aromatic N) is 1. The molecule has 3 aromatic carbocycles. The summed E-state index contributed by atoms with van der Waals surface area (Å²) in [5.74, 6) is -1.41. The van der Waals surface area contributed by atoms with Crippen LogP contribution < -0.4 is 5.32 Å². The third-order valence-corrected chi connectivity index (χ3v) is 7.48. The van der Waals surface area contributed by atoms with Crippen molar-refractivity contribution in [2.24, 2.45) is 5.92 Å². The fourth-order valence-electron chi connectivity index (χ4n) is 3.83. The molecule has 0 aliphatic rings. The third kappa shape index (κ3) is 7.13. The van der Waals surface area contributed by atoms with Crippen molar-refractivity contribution >= 4 is 15.9 Å². The lowest BCUT2D eigenvalue weighted by Gasteiger charge is -2.31. The van der Waals surface area contributed by atoms with E-state index in [0.717, 1.165) is 22.0 Å². The molecule has 192 valence electrons. The first-order valence-electron chi connectivity index (χ1n) is 11.6. The SMILES string of the molecule is CC(C)CN(C[C@@H](O)[C@H](Cc1ccccc1)NC(=O)c1ccccc1O)S(=O)(=O)c1ccc(F)cc1. The summed E-state index contributed by atoms with van der Waals surface area (Å²) in [4.78, 5) is 12.8. The molecule has 0 aromatic heterocycles. The van der Waals surface area contributed by atoms with E-state index < -0.39 is 33.9 Å². The number of halogens is 1. The first-order chi connectivity index (χ1) is 17.1. The molecule has 7 nitrogen and oxygen atoms in total. The van der Waals surface area contributed by atoms with Gasteiger partial charge < -0.3 is 15.5 Å². The maximum absolute atomic E-state index is 13.4. The van der Waals surface area contributed by atoms with Gasteiger partial charge in [0.2, 0.25) is 10.0 Å². The average molecular weight is 515 g/mol. The van der Waals surface area contributed by atoms with Crippen molar-refractivity contribution in [3.8, 4) is 5.75 Å². The largest absolute Gasteiger partial charge is 0.507 e. The van der Waals surface area contributed by atoms with E-state index >= 15 is 0 Å². The quantitative estimate of drug-likeness (QED) is 0.363. The van der Waals surface area contributed by atoms with Gasteiger partial charge in [-0.2, -0.15) is 4.31 Å². The molecule has 0 unspecified atom stereocenters. The minimum atomic E-state index is -4.05. The topological polar surface area (TPSA) is 107 Å². The van der Waals surface area contributed by atoms with Crippen LogP contribution in [-0.2, 0) is 16.4 Å². The Kier molecular flexibility index (Phi) is 9.19. The van der Waals surface area contributed by atoms with Crippen molar-refractivity contribution in [2.45, 2.75) is 37.3 Å². The lowest BCUT2D eigenvalue weighted by Crippen LogP contribution is -2.51. The summed E-state index contributed by atoms with van der Waals surface area (Å²) in [5, 5.41) is 24.1. The lowest BCUT2D eigenvalue weighted by molar-refractivity contribution is 0.0773. The first-order valence-corrected chi connectivity index (χ1v) is 13.1. The van der Waals surface area contributed by atoms with Gasteiger partial charge in [0, 0.05) is 13.1 Å². The standard InChI is InChI=1S/C27H31FN2O5S/c1-19(2)17-30(36(34,35)22-14-12-21(28)13-15-22)18-26(32)24(16-20-8-4-3-5-9-20)29-27(33)23-10-6-7-11-25(23)31/h3-15,19,24,26,31-32H,16-18H2,1-2H3,(H,29,33)/t24-,26+/m0/s1. The van der Waals surface area contributed by atoms with Gasteiger partial charge in [0.05, 0.1) is 22.6 Å². The zero-order valence-electron chi connectivity index (χ0n) is 20.2. The monoisotopic (exact) mass is 514 g/mol. The van der Waals surface area contributed by atoms with Crippen LogP contribution in [0.4, 0.5) is 4.39 Å². The minimum Gasteiger partial charge on any atom is -0.507 e. The normalized spacial score (nSPS) is 13.5. The first kappa shape index (κ1) is 27.3. The molecule has 0 saturated carbocycles. The summed E-state index contributed by atoms with van der Waals surface area (Å²) in [7, 11) is -4.05. The van der Waals surface area contributed by atoms with Gasteiger partial charge in [0.25, 0.3) is 5.91 Å². The van der Waals surface area contributed by atoms with E-state index in [-0.39, 0.29) is 41.6 Å². The van der Waals surface area contributed by atoms with Crippen LogP contribution in [0.25, 0.3) is 0 Å². The molecule has 0 spiro atoms. The highest BCUT2D eigenvalue weighted by molar-refractivity contribution is 7.89. The summed E-state index contributed by atoms with van der Waals surface area (Å²) >= 11 is 0. The van der Waals surface area contributed by atoms with Crippen LogP contribution >= 0.6 is 0 Å². The number of nitrogens with one attached hydrogen (secondary N) is 1. The number of aliphatic hydroxyl groups excluding tert-OH is 1. The number of hydrogen-bond donors (Lipinski definition) is 3. The molecule has 3 N–H and O–H groups in total. The van der Waals surface area contributed by atoms with Gasteiger partial charge in [0.15, 0.2) is 0 Å². The van der Waals surface area contributed by atoms with Crippen LogP contribution in [0, 0.1) is 11.7 Å². The molecule has 0 fully saturated rings. The summed E-state index contributed by atoms with van der Waals surface area (Å²) in [6.07, 6.45) is -1.05. The highest BCUT2D eigenvalue weighted by Crippen LogP contribution is 2.21. The summed E-state index contributed by atoms with van der Waals surface area (Å²) in [6, 6.07) is 18.9. The van der Waals surface area contributed by atoms with Crippen LogP contribution in [0.3, 0.4) is 0 Å². The summed E-state index contributed by atoms with van der Waals surface area (Å²) in [6.45, 7) is 3.51. The molecule has 3 aromatic rings. The van der Waals surface area contributed by atoms with Crippen LogP contribution in [-0.4, -0.2) is 54.1 Å². The number of benzene rings is 3. The zero-order valence-corrected chi connectivity index (χ0v) is 21.0. The van der Waals surface area contributed by atoms with E-state index in [4.69, 9.17) is 0 Å². The molecule has 0 aliphatic carbocycles. The number of sulfonamides is 1. The van der Waals surface area contributed by atoms with Crippen molar-refractivity contribution in [2.75, 3.05) is 13.1 Å². The maximum Gasteiger partial charge on any atom is 0.255 e. The van der Waals surface area contributed by atoms with Crippen molar-refractivity contribution in [1.82, 2.24) is 9.62 Å². The number of carbonyl (C=O) groups excluding carboxylic acids is 1. The Balaban J connectivity index is 1.89. The molecule has 0 aliphatic heterocycles. The fourth-order valence-corrected chi connectivity index (χ4v) is 5.45. The van der Waals surface area contributed by atoms with Gasteiger partial charge in [-0.15, -0.1) is 0 Å². The highest BCUT2D eigenvalue weighted by atomic mass is 32.2. The number of phenols is 1. The third-order valence-electron chi connectivity index (χ3n) is 5.64. The molecular weight excluding hydrogens is 483 g/mol. The van der Waals surface area contributed by atoms with E-state index in [9.17, 15) is 27.8 Å². The van der Waals surface area contributed by atoms with Crippen LogP contribution in [0.15, 0.2) is 83.8 Å². The van der Waals surface area contributed by atoms with Crippen LogP contribution in [0.5, 0.6) is 5.75 Å². The van der Waals surface area contributed by atoms with Crippen LogP contribution in [0.2, 0.25) is 0 Å². The van der Waals surface area contributed by atoms with Crippen molar-refractivity contribution in [3.05, 3.63) is 95.8 Å². The van der Waals surface area contributed by atoms with E-state index in [1.807, 2.05) is 44.2 Å². The molecular formula is C27H31FN2O5S. The Hall–Kier alpha value is -3.27. The summed E-state index contributed by atoms with van der Waals surface area (Å²) in [5.41, 5.74) is 0.872. The van der Waals surface area contributed by atoms with E-state index in [0.29, 0.717) is 0 Å². The Morgan fingerprint density at radius 2 is 1.56 bits per heavy atom. The molecule has 2 atom stereocenters. The van der Waals surface area contributed by atoms with E-state index in [1.54, 1.807) is 12.1 Å². The van der Waals surface area contributed by atoms with Gasteiger partial charge in [-0.05, 0) is 54.3 Å². The fraction of sp³-hybridized carbons (Fsp3) is 0.296. The van der Waals surface area contributed by atoms with Gasteiger partial charge in [0.1, 0.15) is 11.6 Å². The lowest BCUT2D eigenvalue weighted by atomic mass is 10.00. The van der Waals surface area contributed by atoms with E-state index in [1.165, 1.54) is 24.3 Å². The summed E-state index contributed by atoms with van der Waals surface area (Å²) < 4.78 is 41.3. The Labute approximate surface area is 211 Å². The predicted octanol–water partition coefficient (Wildman–Crippen LogP) is 3.58. The second kappa shape index (κ2) is 12.1. The van der Waals surface area contributed by atoms with Crippen LogP contribution in [0.1, 0.15) is 29.8 Å². The highest BCUT2D eigenvalue weighted by Gasteiger charge is 2.31. The average Bonchev–Trinajstić information content (AvgIpc) is 2.84. The smallest absolute Gasteiger partial charge is 0.255 e. The number of aliphatic hydroxyl groups is 1. The molecule has 0 saturated heterocycles. The Morgan fingerprint density at radius 1 is 0.944 bits per heavy atom. The number of aromatic hydroxyl groups is 1. The van der Waals surface area contributed by atoms with Crippen molar-refractivity contribution in [1.29, 1.82) is 0 Å². The van der Waals surface area contributed by atoms with Gasteiger partial charge >= 0.3 is 0 Å². The molecule has 9 heteroatoms. The number of amides is 1. The minimum absolute atomic E-state index is 0.0423. The number of phenolic OH excluding ortho intramolecular Hbond substituents is 1. The Morgan fingerprint density at radius 3 is 2.17 bits per heavy atom. The molecule has 36 heavy (non-hydrogen) atoms. The second-order valence-corrected chi connectivity index (χ2v) is 11.0. The van der Waals surface area contributed by atoms with Crippen molar-refractivity contribution < 1.29 is 27.8 Å². The van der Waals surface area contributed by atoms with Crippen molar-refractivity contribution in [3.63, 3.8) is 0 Å². The number of para-hydroxylation sites is 1. The number of carbonyl (C=O) groups is 1. The van der Waals surface area contributed by atoms with Gasteiger partial charge in [-0.1, -0.05) is 56.3 Å². The van der Waals surface area contributed by atoms with Gasteiger partial charge in [-0.25, -0.2) is 12.8 Å². The molecule has 0 heterocycles. The number of rotatable bonds is 11. The van der Waals surface area contributed by atoms with Gasteiger partial charge in [-0.3, -0.25) is 4.79 Å². The van der Waals surface area contributed by atoms with E-state index in [2.05, 4.69) is 5.32 Å². The molecule has 0 radical (unpaired) electrons. The zero-order chi connectivity index (χ0) is 26.3. The maximum atomic E-state index is 13.4. The second-order valence-electron chi connectivity index (χ2n) is 9.02. The molecule has 3 rings (SSSR count). The Bertz CT molecular complexity index is 1250. The molecule has 0 bridgehead atoms. The predicted molar refractivity (Wildman–Crippen MR) is 136 cm³/mol.